The molecular weight excluding hydrogens is 238 g/mol. The Bertz CT molecular complexity index is 523. The summed E-state index contributed by atoms with van der Waals surface area (Å²) in [5, 5.41) is 20.5. The van der Waals surface area contributed by atoms with Crippen molar-refractivity contribution in [3.8, 4) is 0 Å². The highest BCUT2D eigenvalue weighted by molar-refractivity contribution is 6.22. The molecule has 1 aromatic heterocycles. The molecule has 0 saturated heterocycles. The molecule has 0 atom stereocenters. The number of aliphatic hydroxyl groups is 2. The number of rotatable bonds is 4. The van der Waals surface area contributed by atoms with Crippen molar-refractivity contribution in [1.29, 1.82) is 0 Å². The zero-order valence-corrected chi connectivity index (χ0v) is 9.33. The molecule has 0 spiro atoms. The highest BCUT2D eigenvalue weighted by Gasteiger charge is 2.28. The Morgan fingerprint density at radius 1 is 1.11 bits per heavy atom. The third-order valence-corrected chi connectivity index (χ3v) is 2.47. The maximum absolute atomic E-state index is 12.0. The number of hydrogen-bond donors (Lipinski definition) is 3. The van der Waals surface area contributed by atoms with Crippen LogP contribution in [-0.2, 0) is 0 Å². The molecule has 7 nitrogen and oxygen atoms in total. The molecule has 7 heteroatoms. The molecule has 18 heavy (non-hydrogen) atoms. The fourth-order valence-electron chi connectivity index (χ4n) is 1.55. The normalized spacial score (nSPS) is 14.5. The van der Waals surface area contributed by atoms with Crippen LogP contribution in [0.5, 0.6) is 0 Å². The molecular formula is C11H11N3O4. The van der Waals surface area contributed by atoms with Crippen LogP contribution in [-0.4, -0.2) is 51.0 Å². The van der Waals surface area contributed by atoms with Crippen molar-refractivity contribution in [3.63, 3.8) is 0 Å². The van der Waals surface area contributed by atoms with Gasteiger partial charge in [0.2, 0.25) is 11.6 Å². The van der Waals surface area contributed by atoms with Gasteiger partial charge >= 0.3 is 0 Å². The van der Waals surface area contributed by atoms with Crippen LogP contribution < -0.4 is 5.32 Å². The number of ketones is 2. The third-order valence-electron chi connectivity index (χ3n) is 2.47. The lowest BCUT2D eigenvalue weighted by molar-refractivity contribution is 0.0961. The van der Waals surface area contributed by atoms with E-state index in [0.29, 0.717) is 0 Å². The monoisotopic (exact) mass is 249 g/mol. The first-order valence-electron chi connectivity index (χ1n) is 5.27. The first kappa shape index (κ1) is 12.3. The van der Waals surface area contributed by atoms with E-state index >= 15 is 0 Å². The Morgan fingerprint density at radius 2 is 1.72 bits per heavy atom. The van der Waals surface area contributed by atoms with Gasteiger partial charge in [0.15, 0.2) is 0 Å². The standard InChI is InChI=1S/C11H11N3O4/c15-4-6(5-16)14-7-3-8(17)9-10(11(7)18)13-2-1-12-9/h1-3,6,14-16H,4-5H2. The van der Waals surface area contributed by atoms with Crippen molar-refractivity contribution in [3.05, 3.63) is 35.6 Å². The predicted octanol–water partition coefficient (Wildman–Crippen LogP) is -1.32. The lowest BCUT2D eigenvalue weighted by Crippen LogP contribution is -2.39. The minimum absolute atomic E-state index is 0.00102. The quantitative estimate of drug-likeness (QED) is 0.606. The molecule has 0 unspecified atom stereocenters. The smallest absolute Gasteiger partial charge is 0.229 e. The highest BCUT2D eigenvalue weighted by atomic mass is 16.3. The molecule has 1 aliphatic carbocycles. The largest absolute Gasteiger partial charge is 0.394 e. The van der Waals surface area contributed by atoms with Crippen molar-refractivity contribution in [1.82, 2.24) is 15.3 Å². The SMILES string of the molecule is O=C1C=C(NC(CO)CO)C(=O)c2nccnc21. The van der Waals surface area contributed by atoms with Crippen LogP contribution in [0.1, 0.15) is 21.0 Å². The van der Waals surface area contributed by atoms with Gasteiger partial charge in [-0.1, -0.05) is 0 Å². The molecule has 0 radical (unpaired) electrons. The van der Waals surface area contributed by atoms with Crippen LogP contribution in [0.15, 0.2) is 24.2 Å². The molecule has 0 aliphatic heterocycles. The van der Waals surface area contributed by atoms with E-state index in [2.05, 4.69) is 15.3 Å². The van der Waals surface area contributed by atoms with Crippen molar-refractivity contribution < 1.29 is 19.8 Å². The van der Waals surface area contributed by atoms with Gasteiger partial charge in [-0.2, -0.15) is 0 Å². The molecule has 0 aromatic carbocycles. The van der Waals surface area contributed by atoms with Gasteiger partial charge < -0.3 is 15.5 Å². The minimum atomic E-state index is -0.703. The number of nitrogens with one attached hydrogen (secondary N) is 1. The summed E-state index contributed by atoms with van der Waals surface area (Å²) in [7, 11) is 0. The maximum atomic E-state index is 12.0. The summed E-state index contributed by atoms with van der Waals surface area (Å²) in [6.07, 6.45) is 3.75. The van der Waals surface area contributed by atoms with E-state index in [1.54, 1.807) is 0 Å². The number of carbonyl (C=O) groups excluding carboxylic acids is 2. The summed E-state index contributed by atoms with van der Waals surface area (Å²) >= 11 is 0. The van der Waals surface area contributed by atoms with Crippen molar-refractivity contribution in [2.75, 3.05) is 13.2 Å². The van der Waals surface area contributed by atoms with Gasteiger partial charge in [-0.15, -0.1) is 0 Å². The molecule has 1 aliphatic rings. The van der Waals surface area contributed by atoms with E-state index in [1.165, 1.54) is 12.4 Å². The zero-order valence-electron chi connectivity index (χ0n) is 9.33. The molecule has 2 rings (SSSR count). The van der Waals surface area contributed by atoms with Crippen LogP contribution in [0, 0.1) is 0 Å². The molecule has 0 bridgehead atoms. The molecule has 0 amide bonds. The predicted molar refractivity (Wildman–Crippen MR) is 59.9 cm³/mol. The van der Waals surface area contributed by atoms with Gasteiger partial charge in [0.25, 0.3) is 0 Å². The van der Waals surface area contributed by atoms with E-state index in [9.17, 15) is 9.59 Å². The number of Topliss-reactive ketones (excluding diaryl/α,β-unsaturated/α-hetero) is 1. The Morgan fingerprint density at radius 3 is 2.33 bits per heavy atom. The summed E-state index contributed by atoms with van der Waals surface area (Å²) in [6, 6.07) is -0.703. The Kier molecular flexibility index (Phi) is 3.45. The molecule has 1 heterocycles. The van der Waals surface area contributed by atoms with Gasteiger partial charge in [-0.25, -0.2) is 9.97 Å². The van der Waals surface area contributed by atoms with Crippen molar-refractivity contribution >= 4 is 11.6 Å². The molecule has 0 fully saturated rings. The first-order chi connectivity index (χ1) is 8.67. The second-order valence-electron chi connectivity index (χ2n) is 3.71. The lowest BCUT2D eigenvalue weighted by Gasteiger charge is -2.19. The number of carbonyl (C=O) groups is 2. The van der Waals surface area contributed by atoms with Crippen molar-refractivity contribution in [2.24, 2.45) is 0 Å². The fourth-order valence-corrected chi connectivity index (χ4v) is 1.55. The molecule has 94 valence electrons. The van der Waals surface area contributed by atoms with Gasteiger partial charge in [-0.05, 0) is 0 Å². The lowest BCUT2D eigenvalue weighted by atomic mass is 10.0. The number of allylic oxidation sites excluding steroid dienone is 2. The van der Waals surface area contributed by atoms with Crippen LogP contribution in [0.4, 0.5) is 0 Å². The second-order valence-corrected chi connectivity index (χ2v) is 3.71. The van der Waals surface area contributed by atoms with E-state index in [4.69, 9.17) is 10.2 Å². The second kappa shape index (κ2) is 5.03. The summed E-state index contributed by atoms with van der Waals surface area (Å²) in [5.74, 6) is -0.917. The topological polar surface area (TPSA) is 112 Å². The average molecular weight is 249 g/mol. The third kappa shape index (κ3) is 2.13. The number of nitrogens with zero attached hydrogens (tertiary/aromatic N) is 2. The number of fused-ring (bicyclic) bond motifs is 1. The molecule has 0 saturated carbocycles. The molecule has 1 aromatic rings. The Labute approximate surface area is 102 Å². The van der Waals surface area contributed by atoms with E-state index in [0.717, 1.165) is 6.08 Å². The summed E-state index contributed by atoms with van der Waals surface area (Å²) in [5.41, 5.74) is -0.0131. The Balaban J connectivity index is 2.31. The van der Waals surface area contributed by atoms with E-state index < -0.39 is 17.6 Å². The van der Waals surface area contributed by atoms with Crippen LogP contribution in [0.2, 0.25) is 0 Å². The van der Waals surface area contributed by atoms with Crippen LogP contribution >= 0.6 is 0 Å². The summed E-state index contributed by atoms with van der Waals surface area (Å²) in [4.78, 5) is 31.3. The first-order valence-corrected chi connectivity index (χ1v) is 5.27. The minimum Gasteiger partial charge on any atom is -0.394 e. The number of aliphatic hydroxyl groups excluding tert-OH is 2. The Hall–Kier alpha value is -2.12. The number of hydrogen-bond acceptors (Lipinski definition) is 7. The molecule has 3 N–H and O–H groups in total. The average Bonchev–Trinajstić information content (AvgIpc) is 2.41. The van der Waals surface area contributed by atoms with Gasteiger partial charge in [0.05, 0.1) is 25.0 Å². The van der Waals surface area contributed by atoms with Gasteiger partial charge in [-0.3, -0.25) is 9.59 Å². The van der Waals surface area contributed by atoms with Crippen LogP contribution in [0.25, 0.3) is 0 Å². The van der Waals surface area contributed by atoms with Gasteiger partial charge in [0.1, 0.15) is 11.4 Å². The van der Waals surface area contributed by atoms with E-state index in [-0.39, 0.29) is 30.3 Å². The van der Waals surface area contributed by atoms with Crippen molar-refractivity contribution in [2.45, 2.75) is 6.04 Å². The highest BCUT2D eigenvalue weighted by Crippen LogP contribution is 2.15. The zero-order chi connectivity index (χ0) is 13.1. The maximum Gasteiger partial charge on any atom is 0.229 e. The summed E-state index contributed by atoms with van der Waals surface area (Å²) in [6.45, 7) is -0.717. The van der Waals surface area contributed by atoms with Gasteiger partial charge in [0, 0.05) is 18.5 Å². The fraction of sp³-hybridized carbons (Fsp3) is 0.273. The van der Waals surface area contributed by atoms with Crippen LogP contribution in [0.3, 0.4) is 0 Å². The number of aromatic nitrogens is 2. The summed E-state index contributed by atoms with van der Waals surface area (Å²) < 4.78 is 0. The van der Waals surface area contributed by atoms with E-state index in [1.807, 2.05) is 0 Å².